The molecule has 1 aromatic heterocycles. The number of rotatable bonds is 7. The van der Waals surface area contributed by atoms with Gasteiger partial charge in [0.25, 0.3) is 11.8 Å². The molecule has 1 aliphatic heterocycles. The van der Waals surface area contributed by atoms with Crippen LogP contribution in [0.25, 0.3) is 0 Å². The first-order valence-corrected chi connectivity index (χ1v) is 7.70. The van der Waals surface area contributed by atoms with Gasteiger partial charge in [-0.05, 0) is 31.4 Å². The van der Waals surface area contributed by atoms with Gasteiger partial charge in [0.1, 0.15) is 12.4 Å². The zero-order valence-corrected chi connectivity index (χ0v) is 12.9. The molecule has 2 amide bonds. The number of hydrogen-bond donors (Lipinski definition) is 0. The molecule has 0 aliphatic carbocycles. The number of carbonyl (C=O) groups is 2. The number of hydrogen-bond acceptors (Lipinski definition) is 5. The molecule has 0 N–H and O–H groups in total. The highest BCUT2D eigenvalue weighted by molar-refractivity contribution is 6.21. The number of benzene rings is 1. The summed E-state index contributed by atoms with van der Waals surface area (Å²) in [6.45, 7) is 0.946. The molecule has 8 nitrogen and oxygen atoms in total. The van der Waals surface area contributed by atoms with Gasteiger partial charge in [-0.1, -0.05) is 12.1 Å². The van der Waals surface area contributed by atoms with Crippen molar-refractivity contribution in [2.24, 2.45) is 0 Å². The summed E-state index contributed by atoms with van der Waals surface area (Å²) >= 11 is 0. The van der Waals surface area contributed by atoms with E-state index in [1.165, 1.54) is 22.0 Å². The Hall–Kier alpha value is -3.03. The first kappa shape index (κ1) is 15.9. The molecule has 0 saturated carbocycles. The Morgan fingerprint density at radius 1 is 1.00 bits per heavy atom. The molecule has 1 aromatic carbocycles. The fraction of sp³-hybridized carbons (Fsp3) is 0.312. The second-order valence-corrected chi connectivity index (χ2v) is 5.59. The van der Waals surface area contributed by atoms with Gasteiger partial charge >= 0.3 is 5.69 Å². The van der Waals surface area contributed by atoms with Crippen molar-refractivity contribution < 1.29 is 14.5 Å². The van der Waals surface area contributed by atoms with Crippen LogP contribution in [0.15, 0.2) is 36.7 Å². The summed E-state index contributed by atoms with van der Waals surface area (Å²) in [7, 11) is 0. The molecule has 0 fully saturated rings. The summed E-state index contributed by atoms with van der Waals surface area (Å²) in [5.41, 5.74) is 0.902. The Labute approximate surface area is 137 Å². The third kappa shape index (κ3) is 3.03. The smallest absolute Gasteiger partial charge is 0.274 e. The van der Waals surface area contributed by atoms with E-state index in [2.05, 4.69) is 5.10 Å². The summed E-state index contributed by atoms with van der Waals surface area (Å²) in [6, 6.07) is 6.83. The Morgan fingerprint density at radius 3 is 2.21 bits per heavy atom. The number of carbonyl (C=O) groups excluding carboxylic acids is 2. The number of nitrogens with zero attached hydrogens (tertiary/aromatic N) is 4. The third-order valence-corrected chi connectivity index (χ3v) is 3.98. The van der Waals surface area contributed by atoms with E-state index in [4.69, 9.17) is 0 Å². The zero-order valence-electron chi connectivity index (χ0n) is 12.9. The standard InChI is InChI=1S/C16H16N4O4/c21-15-13-6-2-3-7-14(13)16(22)19(15)9-5-1-4-8-18-11-12(10-17-18)20(23)24/h2-3,6-7,10-11H,1,4-5,8-9H2. The lowest BCUT2D eigenvalue weighted by molar-refractivity contribution is -0.385. The molecule has 3 rings (SSSR count). The fourth-order valence-electron chi connectivity index (χ4n) is 2.73. The molecule has 8 heteroatoms. The van der Waals surface area contributed by atoms with E-state index in [0.29, 0.717) is 30.6 Å². The topological polar surface area (TPSA) is 98.3 Å². The van der Waals surface area contributed by atoms with Gasteiger partial charge in [0.05, 0.1) is 16.1 Å². The fourth-order valence-corrected chi connectivity index (χ4v) is 2.73. The summed E-state index contributed by atoms with van der Waals surface area (Å²) in [5, 5.41) is 14.5. The van der Waals surface area contributed by atoms with E-state index >= 15 is 0 Å². The van der Waals surface area contributed by atoms with Gasteiger partial charge in [0, 0.05) is 13.1 Å². The minimum atomic E-state index is -0.480. The number of unbranched alkanes of at least 4 members (excludes halogenated alkanes) is 2. The molecule has 2 heterocycles. The number of aromatic nitrogens is 2. The summed E-state index contributed by atoms with van der Waals surface area (Å²) < 4.78 is 1.53. The molecule has 0 saturated heterocycles. The number of fused-ring (bicyclic) bond motifs is 1. The molecule has 0 bridgehead atoms. The van der Waals surface area contributed by atoms with E-state index in [-0.39, 0.29) is 17.5 Å². The largest absolute Gasteiger partial charge is 0.306 e. The number of imide groups is 1. The Kier molecular flexibility index (Phi) is 4.37. The molecule has 1 aliphatic rings. The molecule has 124 valence electrons. The van der Waals surface area contributed by atoms with Crippen LogP contribution in [0.3, 0.4) is 0 Å². The van der Waals surface area contributed by atoms with Crippen molar-refractivity contribution in [2.75, 3.05) is 6.54 Å². The SMILES string of the molecule is O=C1c2ccccc2C(=O)N1CCCCCn1cc([N+](=O)[O-])cn1. The lowest BCUT2D eigenvalue weighted by Gasteiger charge is -2.13. The van der Waals surface area contributed by atoms with Gasteiger partial charge in [-0.15, -0.1) is 0 Å². The lowest BCUT2D eigenvalue weighted by atomic mass is 10.1. The van der Waals surface area contributed by atoms with Crippen LogP contribution in [0.5, 0.6) is 0 Å². The van der Waals surface area contributed by atoms with Crippen LogP contribution in [0, 0.1) is 10.1 Å². The molecular weight excluding hydrogens is 312 g/mol. The van der Waals surface area contributed by atoms with Gasteiger partial charge in [-0.2, -0.15) is 5.10 Å². The van der Waals surface area contributed by atoms with Crippen LogP contribution in [0.2, 0.25) is 0 Å². The lowest BCUT2D eigenvalue weighted by Crippen LogP contribution is -2.30. The summed E-state index contributed by atoms with van der Waals surface area (Å²) in [4.78, 5) is 35.7. The summed E-state index contributed by atoms with van der Waals surface area (Å²) in [6.07, 6.45) is 4.86. The molecule has 0 radical (unpaired) electrons. The second kappa shape index (κ2) is 6.61. The van der Waals surface area contributed by atoms with Crippen LogP contribution in [0.1, 0.15) is 40.0 Å². The van der Waals surface area contributed by atoms with Crippen molar-refractivity contribution in [3.05, 3.63) is 57.9 Å². The molecule has 0 unspecified atom stereocenters. The minimum absolute atomic E-state index is 0.0268. The van der Waals surface area contributed by atoms with Gasteiger partial charge in [0.2, 0.25) is 0 Å². The number of nitro groups is 1. The van der Waals surface area contributed by atoms with Crippen LogP contribution in [0.4, 0.5) is 5.69 Å². The molecule has 24 heavy (non-hydrogen) atoms. The maximum absolute atomic E-state index is 12.2. The minimum Gasteiger partial charge on any atom is -0.274 e. The molecular formula is C16H16N4O4. The Morgan fingerprint density at radius 2 is 1.62 bits per heavy atom. The van der Waals surface area contributed by atoms with Crippen LogP contribution < -0.4 is 0 Å². The van der Waals surface area contributed by atoms with E-state index in [1.54, 1.807) is 24.3 Å². The van der Waals surface area contributed by atoms with E-state index in [1.807, 2.05) is 0 Å². The predicted molar refractivity (Wildman–Crippen MR) is 84.5 cm³/mol. The molecule has 2 aromatic rings. The second-order valence-electron chi connectivity index (χ2n) is 5.59. The Balaban J connectivity index is 1.45. The van der Waals surface area contributed by atoms with Crippen molar-refractivity contribution in [1.82, 2.24) is 14.7 Å². The van der Waals surface area contributed by atoms with Crippen LogP contribution >= 0.6 is 0 Å². The molecule has 0 spiro atoms. The van der Waals surface area contributed by atoms with Gasteiger partial charge < -0.3 is 0 Å². The number of amides is 2. The quantitative estimate of drug-likeness (QED) is 0.336. The van der Waals surface area contributed by atoms with Crippen molar-refractivity contribution >= 4 is 17.5 Å². The monoisotopic (exact) mass is 328 g/mol. The third-order valence-electron chi connectivity index (χ3n) is 3.98. The maximum atomic E-state index is 12.2. The first-order chi connectivity index (χ1) is 11.6. The first-order valence-electron chi connectivity index (χ1n) is 7.70. The number of aryl methyl sites for hydroxylation is 1. The van der Waals surface area contributed by atoms with E-state index in [9.17, 15) is 19.7 Å². The van der Waals surface area contributed by atoms with Crippen molar-refractivity contribution in [2.45, 2.75) is 25.8 Å². The van der Waals surface area contributed by atoms with Gasteiger partial charge in [-0.25, -0.2) is 0 Å². The highest BCUT2D eigenvalue weighted by Crippen LogP contribution is 2.22. The average molecular weight is 328 g/mol. The average Bonchev–Trinajstić information content (AvgIpc) is 3.14. The summed E-state index contributed by atoms with van der Waals surface area (Å²) in [5.74, 6) is -0.475. The Bertz CT molecular complexity index is 764. The highest BCUT2D eigenvalue weighted by atomic mass is 16.6. The van der Waals surface area contributed by atoms with E-state index < -0.39 is 4.92 Å². The van der Waals surface area contributed by atoms with Crippen molar-refractivity contribution in [3.63, 3.8) is 0 Å². The van der Waals surface area contributed by atoms with Gasteiger partial charge in [0.15, 0.2) is 0 Å². The van der Waals surface area contributed by atoms with Gasteiger partial charge in [-0.3, -0.25) is 29.3 Å². The van der Waals surface area contributed by atoms with Crippen molar-refractivity contribution in [1.29, 1.82) is 0 Å². The molecule has 0 atom stereocenters. The van der Waals surface area contributed by atoms with Crippen molar-refractivity contribution in [3.8, 4) is 0 Å². The van der Waals surface area contributed by atoms with Crippen LogP contribution in [-0.2, 0) is 6.54 Å². The highest BCUT2D eigenvalue weighted by Gasteiger charge is 2.34. The predicted octanol–water partition coefficient (Wildman–Crippen LogP) is 2.26. The van der Waals surface area contributed by atoms with Crippen LogP contribution in [-0.4, -0.2) is 38.0 Å². The normalized spacial score (nSPS) is 13.4. The zero-order chi connectivity index (χ0) is 17.1. The van der Waals surface area contributed by atoms with E-state index in [0.717, 1.165) is 12.8 Å². The maximum Gasteiger partial charge on any atom is 0.306 e.